The van der Waals surface area contributed by atoms with Gasteiger partial charge in [-0.05, 0) is 38.3 Å². The normalized spacial score (nSPS) is 22.8. The van der Waals surface area contributed by atoms with Crippen molar-refractivity contribution < 1.29 is 9.53 Å². The van der Waals surface area contributed by atoms with Gasteiger partial charge in [0.2, 0.25) is 0 Å². The number of benzene rings is 1. The first kappa shape index (κ1) is 20.8. The van der Waals surface area contributed by atoms with Crippen molar-refractivity contribution in [1.29, 1.82) is 0 Å². The Hall–Kier alpha value is -1.55. The Kier molecular flexibility index (Phi) is 7.10. The number of esters is 1. The molecule has 2 aliphatic rings. The summed E-state index contributed by atoms with van der Waals surface area (Å²) in [6.45, 7) is 11.7. The van der Waals surface area contributed by atoms with Gasteiger partial charge < -0.3 is 9.64 Å². The summed E-state index contributed by atoms with van der Waals surface area (Å²) in [5, 5.41) is 0. The molecule has 0 radical (unpaired) electrons. The van der Waals surface area contributed by atoms with Crippen molar-refractivity contribution >= 4 is 11.7 Å². The topological polar surface area (TPSA) is 32.8 Å². The maximum Gasteiger partial charge on any atom is 0.312 e. The predicted molar refractivity (Wildman–Crippen MR) is 109 cm³/mol. The number of aryl methyl sites for hydroxylation is 1. The third kappa shape index (κ3) is 4.40. The van der Waals surface area contributed by atoms with Crippen LogP contribution >= 0.6 is 0 Å². The molecule has 2 saturated heterocycles. The first-order valence-corrected chi connectivity index (χ1v) is 9.81. The number of nitrogens with zero attached hydrogens (tertiary/aromatic N) is 2. The van der Waals surface area contributed by atoms with Crippen molar-refractivity contribution in [1.82, 2.24) is 4.90 Å². The van der Waals surface area contributed by atoms with Crippen LogP contribution in [0.1, 0.15) is 52.5 Å². The molecule has 1 aromatic carbocycles. The van der Waals surface area contributed by atoms with E-state index in [2.05, 4.69) is 54.8 Å². The third-order valence-electron chi connectivity index (χ3n) is 6.22. The quantitative estimate of drug-likeness (QED) is 0.710. The SMILES string of the molecule is C.CCC1(CC)CC(CCN2CCN(c3ccc(C)cc3)CC2)OC1=O. The molecule has 0 bridgehead atoms. The first-order chi connectivity index (χ1) is 12.1. The molecule has 3 rings (SSSR count). The van der Waals surface area contributed by atoms with Crippen LogP contribution in [0.25, 0.3) is 0 Å². The molecule has 146 valence electrons. The van der Waals surface area contributed by atoms with Crippen molar-refractivity contribution in [3.8, 4) is 0 Å². The lowest BCUT2D eigenvalue weighted by Crippen LogP contribution is -2.47. The van der Waals surface area contributed by atoms with E-state index in [0.29, 0.717) is 0 Å². The molecule has 0 saturated carbocycles. The summed E-state index contributed by atoms with van der Waals surface area (Å²) in [5.41, 5.74) is 2.42. The highest BCUT2D eigenvalue weighted by atomic mass is 16.6. The molecule has 4 nitrogen and oxygen atoms in total. The Morgan fingerprint density at radius 3 is 2.23 bits per heavy atom. The van der Waals surface area contributed by atoms with Crippen LogP contribution in [0.15, 0.2) is 24.3 Å². The van der Waals surface area contributed by atoms with Gasteiger partial charge in [0.15, 0.2) is 0 Å². The molecule has 4 heteroatoms. The molecule has 0 aliphatic carbocycles. The fourth-order valence-electron chi connectivity index (χ4n) is 4.14. The number of ether oxygens (including phenoxy) is 1. The second-order valence-corrected chi connectivity index (χ2v) is 7.67. The second-order valence-electron chi connectivity index (χ2n) is 7.67. The number of cyclic esters (lactones) is 1. The molecular weight excluding hydrogens is 324 g/mol. The average molecular weight is 361 g/mol. The molecule has 1 aromatic rings. The van der Waals surface area contributed by atoms with Crippen molar-refractivity contribution in [2.75, 3.05) is 37.6 Å². The van der Waals surface area contributed by atoms with E-state index in [9.17, 15) is 4.79 Å². The Morgan fingerprint density at radius 1 is 1.08 bits per heavy atom. The fourth-order valence-corrected chi connectivity index (χ4v) is 4.14. The van der Waals surface area contributed by atoms with E-state index in [1.807, 2.05) is 0 Å². The molecule has 2 aliphatic heterocycles. The van der Waals surface area contributed by atoms with Gasteiger partial charge in [-0.15, -0.1) is 0 Å². The molecule has 0 N–H and O–H groups in total. The molecule has 0 aromatic heterocycles. The number of hydrogen-bond acceptors (Lipinski definition) is 4. The Morgan fingerprint density at radius 2 is 1.69 bits per heavy atom. The van der Waals surface area contributed by atoms with Crippen LogP contribution in [0.3, 0.4) is 0 Å². The average Bonchev–Trinajstić information content (AvgIpc) is 2.97. The summed E-state index contributed by atoms with van der Waals surface area (Å²) >= 11 is 0. The van der Waals surface area contributed by atoms with Crippen LogP contribution in [0.4, 0.5) is 5.69 Å². The van der Waals surface area contributed by atoms with Crippen LogP contribution in [0.5, 0.6) is 0 Å². The monoisotopic (exact) mass is 360 g/mol. The fraction of sp³-hybridized carbons (Fsp3) is 0.682. The molecule has 26 heavy (non-hydrogen) atoms. The highest BCUT2D eigenvalue weighted by molar-refractivity contribution is 5.78. The lowest BCUT2D eigenvalue weighted by molar-refractivity contribution is -0.149. The van der Waals surface area contributed by atoms with E-state index >= 15 is 0 Å². The summed E-state index contributed by atoms with van der Waals surface area (Å²) in [7, 11) is 0. The van der Waals surface area contributed by atoms with Crippen LogP contribution in [-0.4, -0.2) is 49.7 Å². The minimum atomic E-state index is -0.213. The van der Waals surface area contributed by atoms with Crippen molar-refractivity contribution in [2.45, 2.75) is 60.0 Å². The zero-order valence-electron chi connectivity index (χ0n) is 16.0. The van der Waals surface area contributed by atoms with Gasteiger partial charge in [0.05, 0.1) is 5.41 Å². The number of hydrogen-bond donors (Lipinski definition) is 0. The van der Waals surface area contributed by atoms with Crippen molar-refractivity contribution in [3.05, 3.63) is 29.8 Å². The number of anilines is 1. The summed E-state index contributed by atoms with van der Waals surface area (Å²) in [5.74, 6) is 0.0340. The van der Waals surface area contributed by atoms with E-state index in [0.717, 1.165) is 58.4 Å². The molecule has 1 atom stereocenters. The first-order valence-electron chi connectivity index (χ1n) is 9.81. The van der Waals surface area contributed by atoms with E-state index in [1.54, 1.807) is 0 Å². The minimum Gasteiger partial charge on any atom is -0.462 e. The van der Waals surface area contributed by atoms with Crippen LogP contribution in [0, 0.1) is 12.3 Å². The van der Waals surface area contributed by atoms with Gasteiger partial charge in [0.1, 0.15) is 6.10 Å². The Bertz CT molecular complexity index is 572. The molecule has 2 heterocycles. The van der Waals surface area contributed by atoms with Crippen LogP contribution < -0.4 is 4.90 Å². The molecule has 0 amide bonds. The van der Waals surface area contributed by atoms with Crippen LogP contribution in [0.2, 0.25) is 0 Å². The minimum absolute atomic E-state index is 0. The van der Waals surface area contributed by atoms with Crippen molar-refractivity contribution in [3.63, 3.8) is 0 Å². The Balaban J connectivity index is 0.00000243. The third-order valence-corrected chi connectivity index (χ3v) is 6.22. The highest BCUT2D eigenvalue weighted by Crippen LogP contribution is 2.41. The molecular formula is C22H36N2O2. The number of rotatable bonds is 6. The van der Waals surface area contributed by atoms with E-state index in [4.69, 9.17) is 4.74 Å². The summed E-state index contributed by atoms with van der Waals surface area (Å²) in [4.78, 5) is 17.2. The van der Waals surface area contributed by atoms with Gasteiger partial charge in [0.25, 0.3) is 0 Å². The zero-order valence-corrected chi connectivity index (χ0v) is 16.0. The smallest absolute Gasteiger partial charge is 0.312 e. The van der Waals surface area contributed by atoms with Gasteiger partial charge in [0, 0.05) is 44.8 Å². The van der Waals surface area contributed by atoms with Crippen molar-refractivity contribution in [2.24, 2.45) is 5.41 Å². The number of carbonyl (C=O) groups is 1. The Labute approximate surface area is 159 Å². The standard InChI is InChI=1S/C21H32N2O2.CH4/c1-4-21(5-2)16-19(25-20(21)24)10-11-22-12-14-23(15-13-22)18-8-6-17(3)7-9-18;/h6-9,19H,4-5,10-16H2,1-3H3;1H4. The summed E-state index contributed by atoms with van der Waals surface area (Å²) in [6.07, 6.45) is 3.78. The predicted octanol–water partition coefficient (Wildman–Crippen LogP) is 4.27. The lowest BCUT2D eigenvalue weighted by Gasteiger charge is -2.36. The maximum absolute atomic E-state index is 12.2. The second kappa shape index (κ2) is 8.90. The van der Waals surface area contributed by atoms with Crippen LogP contribution in [-0.2, 0) is 9.53 Å². The van der Waals surface area contributed by atoms with E-state index in [-0.39, 0.29) is 24.9 Å². The maximum atomic E-state index is 12.2. The molecule has 1 unspecified atom stereocenters. The summed E-state index contributed by atoms with van der Waals surface area (Å²) < 4.78 is 5.68. The highest BCUT2D eigenvalue weighted by Gasteiger charge is 2.46. The number of carbonyl (C=O) groups excluding carboxylic acids is 1. The molecule has 2 fully saturated rings. The van der Waals surface area contributed by atoms with Gasteiger partial charge >= 0.3 is 5.97 Å². The largest absolute Gasteiger partial charge is 0.462 e. The van der Waals surface area contributed by atoms with Gasteiger partial charge in [-0.25, -0.2) is 0 Å². The zero-order chi connectivity index (χ0) is 17.9. The van der Waals surface area contributed by atoms with E-state index < -0.39 is 0 Å². The van der Waals surface area contributed by atoms with Gasteiger partial charge in [-0.2, -0.15) is 0 Å². The summed E-state index contributed by atoms with van der Waals surface area (Å²) in [6, 6.07) is 8.81. The van der Waals surface area contributed by atoms with Gasteiger partial charge in [-0.1, -0.05) is 39.0 Å². The molecule has 0 spiro atoms. The van der Waals surface area contributed by atoms with E-state index in [1.165, 1.54) is 11.3 Å². The lowest BCUT2D eigenvalue weighted by atomic mass is 9.79. The number of piperazine rings is 1. The van der Waals surface area contributed by atoms with Gasteiger partial charge in [-0.3, -0.25) is 9.69 Å².